The number of thioether (sulfide) groups is 1. The maximum Gasteiger partial charge on any atom is 0.131 e. The fraction of sp³-hybridized carbons (Fsp3) is 0.538. The molecule has 0 aliphatic carbocycles. The molecule has 1 rings (SSSR count). The molecule has 0 spiro atoms. The Balaban J connectivity index is 2.53. The van der Waals surface area contributed by atoms with Crippen molar-refractivity contribution in [3.63, 3.8) is 0 Å². The average Bonchev–Trinajstić information content (AvgIpc) is 2.28. The van der Waals surface area contributed by atoms with Gasteiger partial charge in [0.1, 0.15) is 11.6 Å². The molecule has 2 N–H and O–H groups in total. The zero-order chi connectivity index (χ0) is 13.8. The topological polar surface area (TPSA) is 32.3 Å². The van der Waals surface area contributed by atoms with Crippen LogP contribution in [0.4, 0.5) is 8.78 Å². The van der Waals surface area contributed by atoms with Gasteiger partial charge in [-0.2, -0.15) is 11.8 Å². The normalized spacial score (nSPS) is 13.7. The molecule has 0 aromatic heterocycles. The molecule has 18 heavy (non-hydrogen) atoms. The van der Waals surface area contributed by atoms with Crippen LogP contribution in [0.5, 0.6) is 0 Å². The van der Waals surface area contributed by atoms with Crippen LogP contribution in [0.2, 0.25) is 0 Å². The second-order valence-corrected chi connectivity index (χ2v) is 6.29. The van der Waals surface area contributed by atoms with Crippen LogP contribution in [0.25, 0.3) is 0 Å². The van der Waals surface area contributed by atoms with Crippen molar-refractivity contribution in [3.05, 3.63) is 35.4 Å². The molecule has 0 radical (unpaired) electrons. The molecular formula is C13H19F2NOS. The van der Waals surface area contributed by atoms with E-state index in [9.17, 15) is 13.9 Å². The minimum atomic E-state index is -0.969. The zero-order valence-corrected chi connectivity index (χ0v) is 11.7. The van der Waals surface area contributed by atoms with E-state index in [1.165, 1.54) is 6.07 Å². The van der Waals surface area contributed by atoms with E-state index in [0.717, 1.165) is 12.1 Å². The minimum Gasteiger partial charge on any atom is -0.387 e. The minimum absolute atomic E-state index is 0.0566. The summed E-state index contributed by atoms with van der Waals surface area (Å²) < 4.78 is 26.2. The Morgan fingerprint density at radius 1 is 1.39 bits per heavy atom. The lowest BCUT2D eigenvalue weighted by Crippen LogP contribution is -2.34. The highest BCUT2D eigenvalue weighted by atomic mass is 32.2. The molecule has 1 aromatic carbocycles. The molecule has 0 saturated heterocycles. The van der Waals surface area contributed by atoms with Gasteiger partial charge in [0, 0.05) is 29.5 Å². The van der Waals surface area contributed by atoms with Crippen molar-refractivity contribution < 1.29 is 13.9 Å². The Kier molecular flexibility index (Phi) is 5.56. The molecule has 1 atom stereocenters. The Labute approximate surface area is 111 Å². The van der Waals surface area contributed by atoms with E-state index in [4.69, 9.17) is 0 Å². The van der Waals surface area contributed by atoms with Gasteiger partial charge in [-0.3, -0.25) is 0 Å². The summed E-state index contributed by atoms with van der Waals surface area (Å²) in [5, 5.41) is 12.9. The van der Waals surface area contributed by atoms with E-state index < -0.39 is 17.7 Å². The van der Waals surface area contributed by atoms with Crippen LogP contribution in [0.1, 0.15) is 25.5 Å². The van der Waals surface area contributed by atoms with Crippen LogP contribution in [0.3, 0.4) is 0 Å². The van der Waals surface area contributed by atoms with Crippen LogP contribution >= 0.6 is 11.8 Å². The summed E-state index contributed by atoms with van der Waals surface area (Å²) in [6.07, 6.45) is 1.04. The first-order valence-electron chi connectivity index (χ1n) is 5.74. The van der Waals surface area contributed by atoms with Crippen molar-refractivity contribution >= 4 is 11.8 Å². The molecule has 1 aromatic rings. The maximum absolute atomic E-state index is 13.4. The lowest BCUT2D eigenvalue weighted by molar-refractivity contribution is 0.169. The van der Waals surface area contributed by atoms with E-state index in [1.807, 2.05) is 6.26 Å². The van der Waals surface area contributed by atoms with Crippen LogP contribution in [-0.4, -0.2) is 29.2 Å². The van der Waals surface area contributed by atoms with E-state index in [1.54, 1.807) is 11.8 Å². The summed E-state index contributed by atoms with van der Waals surface area (Å²) in [4.78, 5) is 0. The SMILES string of the molecule is CSC(C)(C)CNCC(O)c1ccc(F)cc1F. The Hall–Kier alpha value is -0.650. The van der Waals surface area contributed by atoms with Crippen molar-refractivity contribution in [3.8, 4) is 0 Å². The van der Waals surface area contributed by atoms with Gasteiger partial charge in [0.05, 0.1) is 6.10 Å². The second kappa shape index (κ2) is 6.50. The Bertz CT molecular complexity index is 399. The lowest BCUT2D eigenvalue weighted by atomic mass is 10.1. The van der Waals surface area contributed by atoms with Gasteiger partial charge in [-0.1, -0.05) is 6.07 Å². The van der Waals surface area contributed by atoms with Crippen molar-refractivity contribution in [2.75, 3.05) is 19.3 Å². The molecule has 2 nitrogen and oxygen atoms in total. The van der Waals surface area contributed by atoms with Crippen molar-refractivity contribution in [1.82, 2.24) is 5.32 Å². The number of benzene rings is 1. The third kappa shape index (κ3) is 4.55. The summed E-state index contributed by atoms with van der Waals surface area (Å²) in [7, 11) is 0. The standard InChI is InChI=1S/C13H19F2NOS/c1-13(2,18-3)8-16-7-12(17)10-5-4-9(14)6-11(10)15/h4-6,12,16-17H,7-8H2,1-3H3. The van der Waals surface area contributed by atoms with Gasteiger partial charge in [0.25, 0.3) is 0 Å². The number of nitrogens with one attached hydrogen (secondary N) is 1. The molecule has 102 valence electrons. The zero-order valence-electron chi connectivity index (χ0n) is 10.8. The Morgan fingerprint density at radius 3 is 2.61 bits per heavy atom. The largest absolute Gasteiger partial charge is 0.387 e. The Morgan fingerprint density at radius 2 is 2.06 bits per heavy atom. The summed E-state index contributed by atoms with van der Waals surface area (Å²) in [6.45, 7) is 5.10. The van der Waals surface area contributed by atoms with Gasteiger partial charge in [0.2, 0.25) is 0 Å². The van der Waals surface area contributed by atoms with E-state index in [2.05, 4.69) is 19.2 Å². The van der Waals surface area contributed by atoms with Crippen molar-refractivity contribution in [1.29, 1.82) is 0 Å². The lowest BCUT2D eigenvalue weighted by Gasteiger charge is -2.23. The molecular weight excluding hydrogens is 256 g/mol. The number of hydrogen-bond donors (Lipinski definition) is 2. The molecule has 0 aliphatic rings. The number of aliphatic hydroxyl groups is 1. The average molecular weight is 275 g/mol. The molecule has 0 saturated carbocycles. The fourth-order valence-corrected chi connectivity index (χ4v) is 1.71. The molecule has 0 fully saturated rings. The van der Waals surface area contributed by atoms with Crippen LogP contribution in [-0.2, 0) is 0 Å². The van der Waals surface area contributed by atoms with Crippen molar-refractivity contribution in [2.45, 2.75) is 24.7 Å². The van der Waals surface area contributed by atoms with Gasteiger partial charge >= 0.3 is 0 Å². The van der Waals surface area contributed by atoms with Gasteiger partial charge in [0.15, 0.2) is 0 Å². The predicted molar refractivity (Wildman–Crippen MR) is 71.8 cm³/mol. The number of halogens is 2. The molecule has 5 heteroatoms. The first kappa shape index (κ1) is 15.4. The quantitative estimate of drug-likeness (QED) is 0.837. The summed E-state index contributed by atoms with van der Waals surface area (Å²) >= 11 is 1.71. The highest BCUT2D eigenvalue weighted by molar-refractivity contribution is 7.99. The van der Waals surface area contributed by atoms with E-state index in [0.29, 0.717) is 6.54 Å². The first-order chi connectivity index (χ1) is 8.35. The van der Waals surface area contributed by atoms with Gasteiger partial charge in [-0.15, -0.1) is 0 Å². The summed E-state index contributed by atoms with van der Waals surface area (Å²) in [6, 6.07) is 3.20. The van der Waals surface area contributed by atoms with Gasteiger partial charge < -0.3 is 10.4 Å². The first-order valence-corrected chi connectivity index (χ1v) is 6.97. The summed E-state index contributed by atoms with van der Waals surface area (Å²) in [5.74, 6) is -1.35. The third-order valence-electron chi connectivity index (χ3n) is 2.76. The van der Waals surface area contributed by atoms with Crippen LogP contribution in [0.15, 0.2) is 18.2 Å². The smallest absolute Gasteiger partial charge is 0.131 e. The van der Waals surface area contributed by atoms with E-state index >= 15 is 0 Å². The van der Waals surface area contributed by atoms with Crippen molar-refractivity contribution in [2.24, 2.45) is 0 Å². The van der Waals surface area contributed by atoms with Gasteiger partial charge in [-0.25, -0.2) is 8.78 Å². The fourth-order valence-electron chi connectivity index (χ4n) is 1.46. The molecule has 0 bridgehead atoms. The highest BCUT2D eigenvalue weighted by Gasteiger charge is 2.17. The molecule has 0 heterocycles. The molecule has 1 unspecified atom stereocenters. The van der Waals surface area contributed by atoms with Crippen LogP contribution in [0, 0.1) is 11.6 Å². The highest BCUT2D eigenvalue weighted by Crippen LogP contribution is 2.21. The maximum atomic E-state index is 13.4. The molecule has 0 amide bonds. The number of rotatable bonds is 6. The van der Waals surface area contributed by atoms with Crippen LogP contribution < -0.4 is 5.32 Å². The van der Waals surface area contributed by atoms with E-state index in [-0.39, 0.29) is 16.9 Å². The number of aliphatic hydroxyl groups excluding tert-OH is 1. The molecule has 0 aliphatic heterocycles. The monoisotopic (exact) mass is 275 g/mol. The van der Waals surface area contributed by atoms with Gasteiger partial charge in [-0.05, 0) is 26.2 Å². The third-order valence-corrected chi connectivity index (χ3v) is 4.01. The second-order valence-electron chi connectivity index (χ2n) is 4.78. The summed E-state index contributed by atoms with van der Waals surface area (Å²) in [5.41, 5.74) is 0.117. The predicted octanol–water partition coefficient (Wildman–Crippen LogP) is 2.73. The number of hydrogen-bond acceptors (Lipinski definition) is 3.